The summed E-state index contributed by atoms with van der Waals surface area (Å²) in [7, 11) is 0. The van der Waals surface area contributed by atoms with E-state index in [4.69, 9.17) is 9.52 Å². The molecule has 0 unspecified atom stereocenters. The second-order valence-corrected chi connectivity index (χ2v) is 6.88. The summed E-state index contributed by atoms with van der Waals surface area (Å²) < 4.78 is 5.34. The van der Waals surface area contributed by atoms with Crippen molar-refractivity contribution in [1.82, 2.24) is 5.32 Å². The van der Waals surface area contributed by atoms with Gasteiger partial charge in [0.25, 0.3) is 0 Å². The third kappa shape index (κ3) is 4.42. The van der Waals surface area contributed by atoms with Crippen LogP contribution in [0.2, 0.25) is 0 Å². The number of thioether (sulfide) groups is 1. The molecule has 0 saturated heterocycles. The van der Waals surface area contributed by atoms with Crippen molar-refractivity contribution in [2.75, 3.05) is 11.1 Å². The molecule has 9 heteroatoms. The molecule has 2 heterocycles. The smallest absolute Gasteiger partial charge is 0.335 e. The molecule has 3 N–H and O–H groups in total. The maximum absolute atomic E-state index is 12.2. The summed E-state index contributed by atoms with van der Waals surface area (Å²) in [6.07, 6.45) is 1.58. The standard InChI is InChI=1S/C19H15N3O5S/c20-9-14-13(15-2-1-7-27-15)8-16(23)22-18(14)28-10-17(24)21-12-5-3-11(4-6-12)19(25)26/h1-7,13H,8,10H2,(H,21,24)(H,22,23)(H,25,26)/t13-/m0/s1. The zero-order chi connectivity index (χ0) is 20.1. The van der Waals surface area contributed by atoms with Gasteiger partial charge >= 0.3 is 5.97 Å². The number of hydrogen-bond acceptors (Lipinski definition) is 6. The van der Waals surface area contributed by atoms with Gasteiger partial charge in [0.2, 0.25) is 11.8 Å². The third-order valence-corrected chi connectivity index (χ3v) is 5.02. The number of aromatic carboxylic acids is 1. The Kier molecular flexibility index (Phi) is 5.81. The van der Waals surface area contributed by atoms with Crippen LogP contribution in [0.4, 0.5) is 5.69 Å². The lowest BCUT2D eigenvalue weighted by atomic mass is 9.92. The van der Waals surface area contributed by atoms with E-state index < -0.39 is 11.9 Å². The van der Waals surface area contributed by atoms with E-state index in [0.717, 1.165) is 11.8 Å². The van der Waals surface area contributed by atoms with Crippen molar-refractivity contribution >= 4 is 35.2 Å². The van der Waals surface area contributed by atoms with Gasteiger partial charge in [-0.2, -0.15) is 5.26 Å². The van der Waals surface area contributed by atoms with Gasteiger partial charge < -0.3 is 20.2 Å². The van der Waals surface area contributed by atoms with Crippen LogP contribution in [0.15, 0.2) is 57.7 Å². The zero-order valence-electron chi connectivity index (χ0n) is 14.5. The molecule has 1 aromatic heterocycles. The Morgan fingerprint density at radius 2 is 2.07 bits per heavy atom. The number of anilines is 1. The topological polar surface area (TPSA) is 132 Å². The lowest BCUT2D eigenvalue weighted by molar-refractivity contribution is -0.121. The van der Waals surface area contributed by atoms with Crippen LogP contribution in [0, 0.1) is 11.3 Å². The first-order valence-corrected chi connectivity index (χ1v) is 9.20. The average molecular weight is 397 g/mol. The summed E-state index contributed by atoms with van der Waals surface area (Å²) in [5.41, 5.74) is 0.912. The Bertz CT molecular complexity index is 974. The molecule has 28 heavy (non-hydrogen) atoms. The fraction of sp³-hybridized carbons (Fsp3) is 0.158. The zero-order valence-corrected chi connectivity index (χ0v) is 15.3. The first-order chi connectivity index (χ1) is 13.5. The highest BCUT2D eigenvalue weighted by molar-refractivity contribution is 8.03. The van der Waals surface area contributed by atoms with Crippen LogP contribution >= 0.6 is 11.8 Å². The van der Waals surface area contributed by atoms with Crippen molar-refractivity contribution in [3.05, 3.63) is 64.6 Å². The van der Waals surface area contributed by atoms with Gasteiger partial charge in [-0.3, -0.25) is 9.59 Å². The maximum atomic E-state index is 12.2. The van der Waals surface area contributed by atoms with Gasteiger partial charge in [-0.05, 0) is 36.4 Å². The monoisotopic (exact) mass is 397 g/mol. The highest BCUT2D eigenvalue weighted by atomic mass is 32.2. The number of amides is 2. The number of carboxylic acids is 1. The number of carbonyl (C=O) groups is 3. The predicted octanol–water partition coefficient (Wildman–Crippen LogP) is 2.69. The molecule has 1 aliphatic heterocycles. The fourth-order valence-electron chi connectivity index (χ4n) is 2.70. The Balaban J connectivity index is 1.67. The summed E-state index contributed by atoms with van der Waals surface area (Å²) in [5.74, 6) is -1.66. The van der Waals surface area contributed by atoms with Gasteiger partial charge in [0.15, 0.2) is 0 Å². The predicted molar refractivity (Wildman–Crippen MR) is 101 cm³/mol. The van der Waals surface area contributed by atoms with Crippen molar-refractivity contribution < 1.29 is 23.9 Å². The molecule has 1 aromatic carbocycles. The van der Waals surface area contributed by atoms with E-state index in [9.17, 15) is 19.6 Å². The molecule has 0 aliphatic carbocycles. The van der Waals surface area contributed by atoms with Crippen molar-refractivity contribution in [3.63, 3.8) is 0 Å². The van der Waals surface area contributed by atoms with Crippen molar-refractivity contribution in [2.45, 2.75) is 12.3 Å². The van der Waals surface area contributed by atoms with Crippen LogP contribution in [0.3, 0.4) is 0 Å². The van der Waals surface area contributed by atoms with Gasteiger partial charge in [0.1, 0.15) is 5.76 Å². The van der Waals surface area contributed by atoms with E-state index in [2.05, 4.69) is 16.7 Å². The molecule has 142 valence electrons. The Hall–Kier alpha value is -3.51. The van der Waals surface area contributed by atoms with Gasteiger partial charge in [-0.1, -0.05) is 11.8 Å². The number of nitrogens with one attached hydrogen (secondary N) is 2. The molecule has 3 rings (SSSR count). The van der Waals surface area contributed by atoms with E-state index in [0.29, 0.717) is 22.0 Å². The molecule has 0 saturated carbocycles. The molecule has 2 aromatic rings. The van der Waals surface area contributed by atoms with Crippen LogP contribution in [-0.2, 0) is 9.59 Å². The number of carboxylic acid groups (broad SMARTS) is 1. The van der Waals surface area contributed by atoms with E-state index >= 15 is 0 Å². The molecule has 8 nitrogen and oxygen atoms in total. The second-order valence-electron chi connectivity index (χ2n) is 5.89. The Morgan fingerprint density at radius 1 is 1.32 bits per heavy atom. The van der Waals surface area contributed by atoms with Gasteiger partial charge in [0.05, 0.1) is 40.2 Å². The summed E-state index contributed by atoms with van der Waals surface area (Å²) >= 11 is 1.05. The maximum Gasteiger partial charge on any atom is 0.335 e. The molecule has 2 amide bonds. The summed E-state index contributed by atoms with van der Waals surface area (Å²) in [5, 5.41) is 24.0. The minimum Gasteiger partial charge on any atom is -0.478 e. The van der Waals surface area contributed by atoms with Crippen LogP contribution in [0.5, 0.6) is 0 Å². The lowest BCUT2D eigenvalue weighted by Crippen LogP contribution is -2.31. The number of nitrogens with zero attached hydrogens (tertiary/aromatic N) is 1. The second kappa shape index (κ2) is 8.45. The molecule has 0 bridgehead atoms. The molecule has 1 aliphatic rings. The SMILES string of the molecule is N#CC1=C(SCC(=O)Nc2ccc(C(=O)O)cc2)NC(=O)C[C@@H]1c1ccco1. The number of benzene rings is 1. The summed E-state index contributed by atoms with van der Waals surface area (Å²) in [4.78, 5) is 35.0. The summed E-state index contributed by atoms with van der Waals surface area (Å²) in [6, 6.07) is 11.2. The van der Waals surface area contributed by atoms with Crippen molar-refractivity contribution in [1.29, 1.82) is 5.26 Å². The quantitative estimate of drug-likeness (QED) is 0.682. The van der Waals surface area contributed by atoms with Gasteiger partial charge in [-0.15, -0.1) is 0 Å². The van der Waals surface area contributed by atoms with Crippen LogP contribution in [0.1, 0.15) is 28.5 Å². The molecular formula is C19H15N3O5S. The molecular weight excluding hydrogens is 382 g/mol. The highest BCUT2D eigenvalue weighted by Crippen LogP contribution is 2.36. The molecule has 0 fully saturated rings. The van der Waals surface area contributed by atoms with Crippen molar-refractivity contribution in [3.8, 4) is 6.07 Å². The summed E-state index contributed by atoms with van der Waals surface area (Å²) in [6.45, 7) is 0. The third-order valence-electron chi connectivity index (χ3n) is 4.01. The van der Waals surface area contributed by atoms with E-state index in [-0.39, 0.29) is 29.6 Å². The lowest BCUT2D eigenvalue weighted by Gasteiger charge is -2.23. The molecule has 0 radical (unpaired) electrons. The first-order valence-electron chi connectivity index (χ1n) is 8.21. The average Bonchev–Trinajstić information content (AvgIpc) is 3.21. The van der Waals surface area contributed by atoms with Gasteiger partial charge in [-0.25, -0.2) is 4.79 Å². The first kappa shape index (κ1) is 19.3. The van der Waals surface area contributed by atoms with Crippen LogP contribution in [-0.4, -0.2) is 28.6 Å². The number of rotatable bonds is 6. The highest BCUT2D eigenvalue weighted by Gasteiger charge is 2.31. The van der Waals surface area contributed by atoms with Crippen LogP contribution < -0.4 is 10.6 Å². The van der Waals surface area contributed by atoms with E-state index in [1.54, 1.807) is 12.1 Å². The number of allylic oxidation sites excluding steroid dienone is 1. The number of hydrogen-bond donors (Lipinski definition) is 3. The minimum absolute atomic E-state index is 0.0354. The Morgan fingerprint density at radius 3 is 2.68 bits per heavy atom. The normalized spacial score (nSPS) is 16.2. The number of furan rings is 1. The molecule has 1 atom stereocenters. The van der Waals surface area contributed by atoms with Gasteiger partial charge in [0, 0.05) is 12.1 Å². The fourth-order valence-corrected chi connectivity index (χ4v) is 3.57. The minimum atomic E-state index is -1.05. The van der Waals surface area contributed by atoms with Crippen LogP contribution in [0.25, 0.3) is 0 Å². The van der Waals surface area contributed by atoms with E-state index in [1.165, 1.54) is 30.5 Å². The number of carbonyl (C=O) groups excluding carboxylic acids is 2. The number of nitriles is 1. The van der Waals surface area contributed by atoms with Crippen molar-refractivity contribution in [2.24, 2.45) is 0 Å². The van der Waals surface area contributed by atoms with E-state index in [1.807, 2.05) is 0 Å². The largest absolute Gasteiger partial charge is 0.478 e. The Labute approximate surface area is 164 Å². The molecule has 0 spiro atoms.